The molecule has 0 heterocycles. The monoisotopic (exact) mass is 650 g/mol. The van der Waals surface area contributed by atoms with Gasteiger partial charge in [0.2, 0.25) is 0 Å². The molecule has 2 nitrogen and oxygen atoms in total. The predicted molar refractivity (Wildman–Crippen MR) is 186 cm³/mol. The summed E-state index contributed by atoms with van der Waals surface area (Å²) in [5, 5.41) is 0. The first-order valence-corrected chi connectivity index (χ1v) is 15.4. The summed E-state index contributed by atoms with van der Waals surface area (Å²) in [6, 6.07) is 33.7. The van der Waals surface area contributed by atoms with Crippen LogP contribution >= 0.6 is 0 Å². The van der Waals surface area contributed by atoms with Gasteiger partial charge in [-0.3, -0.25) is 0 Å². The third-order valence-electron chi connectivity index (χ3n) is 8.10. The molecule has 0 radical (unpaired) electrons. The van der Waals surface area contributed by atoms with Crippen LogP contribution in [0.15, 0.2) is 121 Å². The number of halogens is 5. The van der Waals surface area contributed by atoms with E-state index in [2.05, 4.69) is 0 Å². The molecule has 0 aliphatic rings. The van der Waals surface area contributed by atoms with Crippen LogP contribution in [0.4, 0.5) is 56.1 Å². The van der Waals surface area contributed by atoms with Gasteiger partial charge in [0.15, 0.2) is 11.6 Å². The number of aryl methyl sites for hydroxylation is 4. The van der Waals surface area contributed by atoms with Crippen molar-refractivity contribution in [2.24, 2.45) is 0 Å². The molecule has 244 valence electrons. The Bertz CT molecular complexity index is 1890. The third-order valence-corrected chi connectivity index (χ3v) is 8.10. The molecule has 6 rings (SSSR count). The van der Waals surface area contributed by atoms with Gasteiger partial charge >= 0.3 is 0 Å². The average molecular weight is 651 g/mol. The van der Waals surface area contributed by atoms with Crippen LogP contribution in [0.2, 0.25) is 0 Å². The molecule has 0 aliphatic carbocycles. The predicted octanol–water partition coefficient (Wildman–Crippen LogP) is 12.6. The molecule has 7 heteroatoms. The second-order valence-corrected chi connectivity index (χ2v) is 11.7. The van der Waals surface area contributed by atoms with Crippen LogP contribution in [0.1, 0.15) is 27.8 Å². The maximum Gasteiger partial charge on any atom is 0.183 e. The zero-order valence-electron chi connectivity index (χ0n) is 27.3. The standard InChI is InChI=1S/C21H19F2N.C20H16F3N/c1-14-4-8-18(9-5-14)24(19-10-6-17(22)7-11-19)20-12-15(2)16(3)21(23)13-20;1-13-3-8-16(9-4-13)24(17-10-6-15(21)7-11-17)18-12-5-14(2)19(22)20(18)23/h4-13H,1-3H3;3-12H,1-2H3. The Hall–Kier alpha value is -5.43. The quantitative estimate of drug-likeness (QED) is 0.166. The van der Waals surface area contributed by atoms with Crippen LogP contribution in [0.3, 0.4) is 0 Å². The van der Waals surface area contributed by atoms with Crippen molar-refractivity contribution in [2.45, 2.75) is 34.6 Å². The molecule has 0 saturated carbocycles. The zero-order valence-corrected chi connectivity index (χ0v) is 27.3. The summed E-state index contributed by atoms with van der Waals surface area (Å²) in [6.45, 7) is 9.12. The Morgan fingerprint density at radius 2 is 0.792 bits per heavy atom. The van der Waals surface area contributed by atoms with Crippen molar-refractivity contribution in [1.82, 2.24) is 0 Å². The molecular weight excluding hydrogens is 615 g/mol. The van der Waals surface area contributed by atoms with Crippen LogP contribution in [0.5, 0.6) is 0 Å². The van der Waals surface area contributed by atoms with E-state index in [0.29, 0.717) is 22.6 Å². The second kappa shape index (κ2) is 14.6. The molecule has 0 spiro atoms. The summed E-state index contributed by atoms with van der Waals surface area (Å²) in [4.78, 5) is 3.49. The Balaban J connectivity index is 0.000000188. The number of hydrogen-bond donors (Lipinski definition) is 0. The van der Waals surface area contributed by atoms with Gasteiger partial charge in [0.05, 0.1) is 5.69 Å². The molecule has 0 unspecified atom stereocenters. The molecule has 0 saturated heterocycles. The van der Waals surface area contributed by atoms with Gasteiger partial charge in [-0.05, 0) is 142 Å². The number of hydrogen-bond acceptors (Lipinski definition) is 2. The maximum absolute atomic E-state index is 14.6. The first kappa shape index (κ1) is 33.9. The molecule has 0 amide bonds. The highest BCUT2D eigenvalue weighted by Gasteiger charge is 2.20. The van der Waals surface area contributed by atoms with E-state index in [9.17, 15) is 22.0 Å². The number of benzene rings is 6. The van der Waals surface area contributed by atoms with Crippen molar-refractivity contribution >= 4 is 34.1 Å². The fourth-order valence-corrected chi connectivity index (χ4v) is 5.18. The summed E-state index contributed by atoms with van der Waals surface area (Å²) in [7, 11) is 0. The lowest BCUT2D eigenvalue weighted by atomic mass is 10.1. The van der Waals surface area contributed by atoms with Gasteiger partial charge < -0.3 is 9.80 Å². The molecule has 0 atom stereocenters. The maximum atomic E-state index is 14.6. The fraction of sp³-hybridized carbons (Fsp3) is 0.122. The minimum absolute atomic E-state index is 0.0774. The van der Waals surface area contributed by atoms with E-state index in [1.807, 2.05) is 80.3 Å². The molecule has 0 bridgehead atoms. The number of anilines is 6. The molecule has 48 heavy (non-hydrogen) atoms. The van der Waals surface area contributed by atoms with E-state index in [1.54, 1.807) is 24.0 Å². The van der Waals surface area contributed by atoms with Gasteiger partial charge in [-0.15, -0.1) is 0 Å². The van der Waals surface area contributed by atoms with Crippen molar-refractivity contribution in [3.05, 3.63) is 178 Å². The van der Waals surface area contributed by atoms with Gasteiger partial charge in [-0.2, -0.15) is 0 Å². The minimum Gasteiger partial charge on any atom is -0.310 e. The van der Waals surface area contributed by atoms with E-state index in [1.165, 1.54) is 61.5 Å². The van der Waals surface area contributed by atoms with Crippen molar-refractivity contribution in [2.75, 3.05) is 9.80 Å². The SMILES string of the molecule is Cc1ccc(N(c2ccc(F)cc2)c2cc(C)c(C)c(F)c2)cc1.Cc1ccc(N(c2ccc(F)cc2)c2ccc(C)c(F)c2F)cc1. The molecule has 0 fully saturated rings. The lowest BCUT2D eigenvalue weighted by Gasteiger charge is -2.26. The number of nitrogens with zero attached hydrogens (tertiary/aromatic N) is 2. The molecule has 0 aromatic heterocycles. The topological polar surface area (TPSA) is 6.48 Å². The van der Waals surface area contributed by atoms with Crippen molar-refractivity contribution in [3.8, 4) is 0 Å². The van der Waals surface area contributed by atoms with Crippen LogP contribution in [0, 0.1) is 63.7 Å². The Kier molecular flexibility index (Phi) is 10.3. The molecule has 6 aromatic rings. The summed E-state index contributed by atoms with van der Waals surface area (Å²) in [6.07, 6.45) is 0. The third kappa shape index (κ3) is 7.58. The van der Waals surface area contributed by atoms with Crippen LogP contribution in [0.25, 0.3) is 0 Å². The first-order chi connectivity index (χ1) is 22.9. The Labute approximate surface area is 278 Å². The van der Waals surface area contributed by atoms with Gasteiger partial charge in [0.1, 0.15) is 17.5 Å². The Morgan fingerprint density at radius 3 is 1.23 bits per heavy atom. The molecule has 0 N–H and O–H groups in total. The van der Waals surface area contributed by atoms with Gasteiger partial charge in [0.25, 0.3) is 0 Å². The highest BCUT2D eigenvalue weighted by molar-refractivity contribution is 5.78. The van der Waals surface area contributed by atoms with Crippen molar-refractivity contribution in [3.63, 3.8) is 0 Å². The molecular formula is C41H35F5N2. The highest BCUT2D eigenvalue weighted by Crippen LogP contribution is 2.38. The molecule has 0 aliphatic heterocycles. The summed E-state index contributed by atoms with van der Waals surface area (Å²) in [5.74, 6) is -2.75. The second-order valence-electron chi connectivity index (χ2n) is 11.7. The summed E-state index contributed by atoms with van der Waals surface area (Å²) in [5.41, 5.74) is 7.62. The van der Waals surface area contributed by atoms with E-state index in [4.69, 9.17) is 0 Å². The largest absolute Gasteiger partial charge is 0.310 e. The summed E-state index contributed by atoms with van der Waals surface area (Å²) < 4.78 is 69.4. The minimum atomic E-state index is -0.931. The van der Waals surface area contributed by atoms with Crippen LogP contribution in [-0.4, -0.2) is 0 Å². The average Bonchev–Trinajstić information content (AvgIpc) is 3.07. The molecule has 6 aromatic carbocycles. The lowest BCUT2D eigenvalue weighted by molar-refractivity contribution is 0.504. The van der Waals surface area contributed by atoms with Gasteiger partial charge in [0, 0.05) is 28.4 Å². The van der Waals surface area contributed by atoms with E-state index in [-0.39, 0.29) is 22.9 Å². The van der Waals surface area contributed by atoms with Crippen LogP contribution in [-0.2, 0) is 0 Å². The van der Waals surface area contributed by atoms with E-state index >= 15 is 0 Å². The normalized spacial score (nSPS) is 10.7. The highest BCUT2D eigenvalue weighted by atomic mass is 19.2. The lowest BCUT2D eigenvalue weighted by Crippen LogP contribution is -2.13. The number of rotatable bonds is 6. The summed E-state index contributed by atoms with van der Waals surface area (Å²) >= 11 is 0. The zero-order chi connectivity index (χ0) is 34.5. The van der Waals surface area contributed by atoms with Gasteiger partial charge in [-0.25, -0.2) is 22.0 Å². The van der Waals surface area contributed by atoms with E-state index in [0.717, 1.165) is 28.1 Å². The first-order valence-electron chi connectivity index (χ1n) is 15.4. The smallest absolute Gasteiger partial charge is 0.183 e. The van der Waals surface area contributed by atoms with Gasteiger partial charge in [-0.1, -0.05) is 41.5 Å². The Morgan fingerprint density at radius 1 is 0.375 bits per heavy atom. The fourth-order valence-electron chi connectivity index (χ4n) is 5.18. The van der Waals surface area contributed by atoms with Crippen molar-refractivity contribution < 1.29 is 22.0 Å². The van der Waals surface area contributed by atoms with Crippen LogP contribution < -0.4 is 9.80 Å². The van der Waals surface area contributed by atoms with E-state index < -0.39 is 17.5 Å². The van der Waals surface area contributed by atoms with Crippen molar-refractivity contribution in [1.29, 1.82) is 0 Å².